The van der Waals surface area contributed by atoms with Gasteiger partial charge in [0.1, 0.15) is 17.2 Å². The second kappa shape index (κ2) is 11.8. The maximum absolute atomic E-state index is 13.8. The van der Waals surface area contributed by atoms with Crippen molar-refractivity contribution in [3.05, 3.63) is 71.4 Å². The third kappa shape index (κ3) is 6.00. The topological polar surface area (TPSA) is 90.6 Å². The molecule has 1 saturated heterocycles. The zero-order valence-electron chi connectivity index (χ0n) is 24.8. The van der Waals surface area contributed by atoms with E-state index in [1.165, 1.54) is 19.2 Å². The lowest BCUT2D eigenvalue weighted by atomic mass is 9.94. The number of nitrogens with zero attached hydrogens (tertiary/aromatic N) is 4. The number of esters is 1. The molecular weight excluding hydrogens is 585 g/mol. The molecule has 234 valence electrons. The highest BCUT2D eigenvalue weighted by atomic mass is 19.4. The lowest BCUT2D eigenvalue weighted by Crippen LogP contribution is -2.33. The first-order valence-corrected chi connectivity index (χ1v) is 15.4. The standard InChI is InChI=1S/C34H33F3N4O4/c1-43-33(42)28-19-29(44-23-4-2-5-23)26-18-22(10-12-27(26)39-28)41-16-13-20(14-17-41)7-11-24-30(40-45-31(24)21-8-9-21)25-6-3-15-38-32(25)34(35,36)37/h3,6-7,10-12,15,18-21,23H,2,4-5,8-9,13-14,16-17H2,1H3/b11-7+. The number of aromatic nitrogens is 3. The van der Waals surface area contributed by atoms with Crippen molar-refractivity contribution >= 4 is 28.6 Å². The molecule has 3 aliphatic rings. The van der Waals surface area contributed by atoms with Crippen LogP contribution in [-0.2, 0) is 10.9 Å². The number of anilines is 1. The van der Waals surface area contributed by atoms with E-state index in [1.54, 1.807) is 6.07 Å². The van der Waals surface area contributed by atoms with Gasteiger partial charge >= 0.3 is 12.1 Å². The summed E-state index contributed by atoms with van der Waals surface area (Å²) in [5, 5.41) is 4.96. The molecule has 0 N–H and O–H groups in total. The molecule has 8 nitrogen and oxygen atoms in total. The van der Waals surface area contributed by atoms with E-state index in [9.17, 15) is 18.0 Å². The second-order valence-corrected chi connectivity index (χ2v) is 12.0. The van der Waals surface area contributed by atoms with Crippen molar-refractivity contribution in [3.63, 3.8) is 0 Å². The number of ether oxygens (including phenoxy) is 2. The molecule has 2 aliphatic carbocycles. The summed E-state index contributed by atoms with van der Waals surface area (Å²) in [5.74, 6) is 1.22. The van der Waals surface area contributed by atoms with E-state index in [2.05, 4.69) is 32.2 Å². The maximum atomic E-state index is 13.8. The van der Waals surface area contributed by atoms with Gasteiger partial charge in [-0.1, -0.05) is 17.3 Å². The van der Waals surface area contributed by atoms with E-state index in [1.807, 2.05) is 18.2 Å². The van der Waals surface area contributed by atoms with Crippen LogP contribution in [0.2, 0.25) is 0 Å². The highest BCUT2D eigenvalue weighted by Gasteiger charge is 2.38. The number of hydrogen-bond donors (Lipinski definition) is 0. The number of benzene rings is 1. The molecule has 4 heterocycles. The molecule has 3 aromatic heterocycles. The Morgan fingerprint density at radius 3 is 2.56 bits per heavy atom. The number of carbonyl (C=O) groups is 1. The van der Waals surface area contributed by atoms with Crippen LogP contribution in [0.4, 0.5) is 18.9 Å². The fourth-order valence-corrected chi connectivity index (χ4v) is 6.06. The Kier molecular flexibility index (Phi) is 7.71. The molecule has 1 aromatic carbocycles. The lowest BCUT2D eigenvalue weighted by Gasteiger charge is -2.33. The quantitative estimate of drug-likeness (QED) is 0.185. The highest BCUT2D eigenvalue weighted by Crippen LogP contribution is 2.46. The first-order chi connectivity index (χ1) is 21.8. The molecule has 0 atom stereocenters. The van der Waals surface area contributed by atoms with Crippen LogP contribution in [0.5, 0.6) is 5.75 Å². The van der Waals surface area contributed by atoms with Crippen LogP contribution >= 0.6 is 0 Å². The van der Waals surface area contributed by atoms with Gasteiger partial charge in [-0.2, -0.15) is 13.2 Å². The van der Waals surface area contributed by atoms with Crippen molar-refractivity contribution in [2.45, 2.75) is 63.1 Å². The summed E-state index contributed by atoms with van der Waals surface area (Å²) >= 11 is 0. The van der Waals surface area contributed by atoms with Crippen molar-refractivity contribution in [3.8, 4) is 17.0 Å². The van der Waals surface area contributed by atoms with E-state index in [0.29, 0.717) is 22.6 Å². The maximum Gasteiger partial charge on any atom is 0.434 e. The first kappa shape index (κ1) is 29.3. The molecule has 7 rings (SSSR count). The van der Waals surface area contributed by atoms with Crippen LogP contribution in [0, 0.1) is 5.92 Å². The predicted octanol–water partition coefficient (Wildman–Crippen LogP) is 7.83. The summed E-state index contributed by atoms with van der Waals surface area (Å²) in [4.78, 5) is 22.7. The van der Waals surface area contributed by atoms with Crippen molar-refractivity contribution in [2.24, 2.45) is 5.92 Å². The number of allylic oxidation sites excluding steroid dienone is 1. The minimum Gasteiger partial charge on any atom is -0.490 e. The zero-order chi connectivity index (χ0) is 31.1. The SMILES string of the molecule is COC(=O)c1cc(OC2CCC2)c2cc(N3CCC(/C=C/c4c(-c5cccnc5C(F)(F)F)noc4C4CC4)CC3)ccc2n1. The Hall–Kier alpha value is -4.41. The molecular formula is C34H33F3N4O4. The first-order valence-electron chi connectivity index (χ1n) is 15.4. The summed E-state index contributed by atoms with van der Waals surface area (Å²) in [6.07, 6.45) is 7.40. The Labute approximate surface area is 258 Å². The minimum absolute atomic E-state index is 0.0692. The van der Waals surface area contributed by atoms with Crippen LogP contribution in [0.15, 0.2) is 53.2 Å². The van der Waals surface area contributed by atoms with Crippen molar-refractivity contribution in [1.82, 2.24) is 15.1 Å². The van der Waals surface area contributed by atoms with Crippen LogP contribution in [0.25, 0.3) is 28.2 Å². The summed E-state index contributed by atoms with van der Waals surface area (Å²) in [6.45, 7) is 1.61. The number of carbonyl (C=O) groups excluding carboxylic acids is 1. The number of methoxy groups -OCH3 is 1. The molecule has 0 bridgehead atoms. The molecule has 0 radical (unpaired) electrons. The molecule has 0 spiro atoms. The van der Waals surface area contributed by atoms with Gasteiger partial charge in [-0.25, -0.2) is 9.78 Å². The third-order valence-corrected chi connectivity index (χ3v) is 8.97. The molecule has 3 fully saturated rings. The lowest BCUT2D eigenvalue weighted by molar-refractivity contribution is -0.140. The minimum atomic E-state index is -4.60. The van der Waals surface area contributed by atoms with E-state index in [4.69, 9.17) is 14.0 Å². The van der Waals surface area contributed by atoms with Gasteiger partial charge in [0.05, 0.1) is 18.7 Å². The summed E-state index contributed by atoms with van der Waals surface area (Å²) in [6, 6.07) is 10.6. The predicted molar refractivity (Wildman–Crippen MR) is 162 cm³/mol. The van der Waals surface area contributed by atoms with E-state index in [0.717, 1.165) is 75.3 Å². The van der Waals surface area contributed by atoms with Crippen LogP contribution < -0.4 is 9.64 Å². The van der Waals surface area contributed by atoms with Gasteiger partial charge in [0.25, 0.3) is 0 Å². The van der Waals surface area contributed by atoms with E-state index >= 15 is 0 Å². The monoisotopic (exact) mass is 618 g/mol. The largest absolute Gasteiger partial charge is 0.490 e. The average molecular weight is 619 g/mol. The normalized spacial score (nSPS) is 18.0. The molecule has 0 amide bonds. The number of hydrogen-bond acceptors (Lipinski definition) is 8. The van der Waals surface area contributed by atoms with Crippen molar-refractivity contribution in [1.29, 1.82) is 0 Å². The summed E-state index contributed by atoms with van der Waals surface area (Å²) in [7, 11) is 1.34. The Balaban J connectivity index is 1.10. The second-order valence-electron chi connectivity index (χ2n) is 12.0. The molecule has 45 heavy (non-hydrogen) atoms. The fourth-order valence-electron chi connectivity index (χ4n) is 6.06. The van der Waals surface area contributed by atoms with Gasteiger partial charge in [-0.05, 0) is 81.2 Å². The molecule has 4 aromatic rings. The molecule has 2 saturated carbocycles. The number of fused-ring (bicyclic) bond motifs is 1. The van der Waals surface area contributed by atoms with Crippen LogP contribution in [0.1, 0.15) is 78.4 Å². The zero-order valence-corrected chi connectivity index (χ0v) is 24.8. The van der Waals surface area contributed by atoms with Crippen LogP contribution in [0.3, 0.4) is 0 Å². The van der Waals surface area contributed by atoms with Crippen molar-refractivity contribution in [2.75, 3.05) is 25.1 Å². The third-order valence-electron chi connectivity index (χ3n) is 8.97. The number of pyridine rings is 2. The summed E-state index contributed by atoms with van der Waals surface area (Å²) in [5.41, 5.74) is 1.71. The number of rotatable bonds is 8. The van der Waals surface area contributed by atoms with Crippen molar-refractivity contribution < 1.29 is 32.0 Å². The Morgan fingerprint density at radius 1 is 1.07 bits per heavy atom. The molecule has 11 heteroatoms. The fraction of sp³-hybridized carbons (Fsp3) is 0.412. The Morgan fingerprint density at radius 2 is 1.87 bits per heavy atom. The van der Waals surface area contributed by atoms with E-state index in [-0.39, 0.29) is 34.9 Å². The smallest absolute Gasteiger partial charge is 0.434 e. The molecule has 0 unspecified atom stereocenters. The van der Waals surface area contributed by atoms with Gasteiger partial charge in [0, 0.05) is 53.5 Å². The van der Waals surface area contributed by atoms with Gasteiger partial charge in [-0.15, -0.1) is 0 Å². The van der Waals surface area contributed by atoms with Crippen LogP contribution in [-0.4, -0.2) is 47.4 Å². The van der Waals surface area contributed by atoms with E-state index < -0.39 is 17.8 Å². The van der Waals surface area contributed by atoms with Gasteiger partial charge < -0.3 is 18.9 Å². The highest BCUT2D eigenvalue weighted by molar-refractivity contribution is 5.95. The summed E-state index contributed by atoms with van der Waals surface area (Å²) < 4.78 is 58.1. The number of piperidine rings is 1. The van der Waals surface area contributed by atoms with Gasteiger partial charge in [-0.3, -0.25) is 4.98 Å². The Bertz CT molecular complexity index is 1750. The van der Waals surface area contributed by atoms with Gasteiger partial charge in [0.15, 0.2) is 11.4 Å². The number of alkyl halides is 3. The van der Waals surface area contributed by atoms with Gasteiger partial charge in [0.2, 0.25) is 0 Å². The average Bonchev–Trinajstić information content (AvgIpc) is 3.79. The molecule has 1 aliphatic heterocycles. The number of halogens is 3.